The minimum Gasteiger partial charge on any atom is -0.337 e. The third-order valence-corrected chi connectivity index (χ3v) is 2.82. The summed E-state index contributed by atoms with van der Waals surface area (Å²) in [6, 6.07) is 0.165. The summed E-state index contributed by atoms with van der Waals surface area (Å²) in [4.78, 5) is 13.8. The second-order valence-corrected chi connectivity index (χ2v) is 4.28. The maximum atomic E-state index is 11.9. The minimum atomic E-state index is 0.153. The molecular weight excluding hydrogens is 176 g/mol. The summed E-state index contributed by atoms with van der Waals surface area (Å²) >= 11 is 0. The van der Waals surface area contributed by atoms with Crippen LogP contribution in [0.2, 0.25) is 0 Å². The predicted molar refractivity (Wildman–Crippen MR) is 57.8 cm³/mol. The van der Waals surface area contributed by atoms with Crippen molar-refractivity contribution in [3.63, 3.8) is 0 Å². The lowest BCUT2D eigenvalue weighted by Gasteiger charge is -2.31. The number of allylic oxidation sites excluding steroid dienone is 1. The van der Waals surface area contributed by atoms with E-state index in [2.05, 4.69) is 0 Å². The number of hydrogen-bond donors (Lipinski definition) is 1. The van der Waals surface area contributed by atoms with Crippen molar-refractivity contribution in [2.45, 2.75) is 39.7 Å². The van der Waals surface area contributed by atoms with Gasteiger partial charge in [0.15, 0.2) is 0 Å². The van der Waals surface area contributed by atoms with Crippen molar-refractivity contribution < 1.29 is 4.79 Å². The largest absolute Gasteiger partial charge is 0.337 e. The van der Waals surface area contributed by atoms with Crippen molar-refractivity contribution in [3.05, 3.63) is 11.1 Å². The molecule has 80 valence electrons. The summed E-state index contributed by atoms with van der Waals surface area (Å²) in [6.45, 7) is 7.40. The molecule has 0 aliphatic carbocycles. The molecule has 1 saturated heterocycles. The molecule has 0 aromatic heterocycles. The summed E-state index contributed by atoms with van der Waals surface area (Å²) in [5.41, 5.74) is 7.78. The van der Waals surface area contributed by atoms with Gasteiger partial charge < -0.3 is 10.6 Å². The van der Waals surface area contributed by atoms with Crippen molar-refractivity contribution in [1.29, 1.82) is 0 Å². The zero-order chi connectivity index (χ0) is 10.7. The second kappa shape index (κ2) is 4.60. The van der Waals surface area contributed by atoms with E-state index < -0.39 is 0 Å². The topological polar surface area (TPSA) is 46.3 Å². The molecule has 0 saturated carbocycles. The normalized spacial score (nSPS) is 22.0. The van der Waals surface area contributed by atoms with Crippen LogP contribution in [0.4, 0.5) is 0 Å². The molecule has 0 aromatic rings. The second-order valence-electron chi connectivity index (χ2n) is 4.28. The van der Waals surface area contributed by atoms with E-state index in [0.29, 0.717) is 6.54 Å². The van der Waals surface area contributed by atoms with Crippen molar-refractivity contribution in [3.8, 4) is 0 Å². The first kappa shape index (κ1) is 11.2. The van der Waals surface area contributed by atoms with Gasteiger partial charge in [-0.2, -0.15) is 0 Å². The fourth-order valence-corrected chi connectivity index (χ4v) is 1.65. The van der Waals surface area contributed by atoms with E-state index in [1.54, 1.807) is 0 Å². The van der Waals surface area contributed by atoms with Crippen molar-refractivity contribution in [1.82, 2.24) is 4.90 Å². The molecule has 3 nitrogen and oxygen atoms in total. The zero-order valence-corrected chi connectivity index (χ0v) is 9.34. The van der Waals surface area contributed by atoms with Gasteiger partial charge in [-0.1, -0.05) is 5.57 Å². The van der Waals surface area contributed by atoms with Gasteiger partial charge in [0.1, 0.15) is 0 Å². The van der Waals surface area contributed by atoms with Gasteiger partial charge in [-0.05, 0) is 33.6 Å². The number of piperidine rings is 1. The van der Waals surface area contributed by atoms with Crippen LogP contribution in [0.1, 0.15) is 33.6 Å². The number of carbonyl (C=O) groups excluding carboxylic acids is 1. The Bertz CT molecular complexity index is 254. The molecule has 1 heterocycles. The molecule has 3 heteroatoms. The molecule has 1 aliphatic rings. The Morgan fingerprint density at radius 1 is 1.36 bits per heavy atom. The average molecular weight is 196 g/mol. The Balaban J connectivity index is 2.65. The van der Waals surface area contributed by atoms with Crippen molar-refractivity contribution in [2.75, 3.05) is 13.1 Å². The summed E-state index contributed by atoms with van der Waals surface area (Å²) in [7, 11) is 0. The predicted octanol–water partition coefficient (Wildman–Crippen LogP) is 1.29. The lowest BCUT2D eigenvalue weighted by molar-refractivity contribution is -0.128. The van der Waals surface area contributed by atoms with Gasteiger partial charge in [0, 0.05) is 24.7 Å². The molecule has 0 radical (unpaired) electrons. The molecule has 1 fully saturated rings. The number of likely N-dealkylation sites (tertiary alicyclic amines) is 1. The maximum absolute atomic E-state index is 11.9. The first-order chi connectivity index (χ1) is 6.52. The first-order valence-corrected chi connectivity index (χ1v) is 5.21. The number of nitrogens with zero attached hydrogens (tertiary/aromatic N) is 1. The van der Waals surface area contributed by atoms with Gasteiger partial charge in [-0.3, -0.25) is 4.79 Å². The highest BCUT2D eigenvalue weighted by atomic mass is 16.2. The smallest absolute Gasteiger partial charge is 0.249 e. The third kappa shape index (κ3) is 2.58. The lowest BCUT2D eigenvalue weighted by Crippen LogP contribution is -2.46. The standard InChI is InChI=1S/C11H20N2O/c1-8(2)9(3)11(14)13-6-4-5-10(12)7-13/h10H,4-7,12H2,1-3H3/t10-/m1/s1. The Hall–Kier alpha value is -0.830. The number of rotatable bonds is 1. The summed E-state index contributed by atoms with van der Waals surface area (Å²) < 4.78 is 0. The number of carbonyl (C=O) groups is 1. The van der Waals surface area contributed by atoms with Crippen LogP contribution in [0.3, 0.4) is 0 Å². The fourth-order valence-electron chi connectivity index (χ4n) is 1.65. The lowest BCUT2D eigenvalue weighted by atomic mass is 10.0. The molecule has 0 spiro atoms. The van der Waals surface area contributed by atoms with Crippen LogP contribution in [-0.4, -0.2) is 29.9 Å². The summed E-state index contributed by atoms with van der Waals surface area (Å²) in [6.07, 6.45) is 2.07. The van der Waals surface area contributed by atoms with Gasteiger partial charge in [0.2, 0.25) is 5.91 Å². The highest BCUT2D eigenvalue weighted by Gasteiger charge is 2.22. The van der Waals surface area contributed by atoms with E-state index in [0.717, 1.165) is 30.5 Å². The highest BCUT2D eigenvalue weighted by Crippen LogP contribution is 2.13. The SMILES string of the molecule is CC(C)=C(C)C(=O)N1CCC[C@@H](N)C1. The van der Waals surface area contributed by atoms with E-state index in [4.69, 9.17) is 5.73 Å². The minimum absolute atomic E-state index is 0.153. The van der Waals surface area contributed by atoms with Crippen molar-refractivity contribution in [2.24, 2.45) is 5.73 Å². The third-order valence-electron chi connectivity index (χ3n) is 2.82. The Labute approximate surface area is 86.0 Å². The van der Waals surface area contributed by atoms with E-state index in [9.17, 15) is 4.79 Å². The monoisotopic (exact) mass is 196 g/mol. The van der Waals surface area contributed by atoms with Crippen LogP contribution in [0.5, 0.6) is 0 Å². The molecule has 14 heavy (non-hydrogen) atoms. The van der Waals surface area contributed by atoms with Crippen LogP contribution >= 0.6 is 0 Å². The molecule has 0 bridgehead atoms. The van der Waals surface area contributed by atoms with E-state index >= 15 is 0 Å². The van der Waals surface area contributed by atoms with Crippen LogP contribution in [0.15, 0.2) is 11.1 Å². The molecule has 1 aliphatic heterocycles. The van der Waals surface area contributed by atoms with Gasteiger partial charge in [0.05, 0.1) is 0 Å². The number of nitrogens with two attached hydrogens (primary N) is 1. The number of amides is 1. The Morgan fingerprint density at radius 2 is 2.00 bits per heavy atom. The molecule has 2 N–H and O–H groups in total. The Kier molecular flexibility index (Phi) is 3.69. The molecule has 0 aromatic carbocycles. The first-order valence-electron chi connectivity index (χ1n) is 5.21. The van der Waals surface area contributed by atoms with Gasteiger partial charge in [0.25, 0.3) is 0 Å². The fraction of sp³-hybridized carbons (Fsp3) is 0.727. The van der Waals surface area contributed by atoms with E-state index in [-0.39, 0.29) is 11.9 Å². The van der Waals surface area contributed by atoms with E-state index in [1.165, 1.54) is 0 Å². The molecule has 1 rings (SSSR count). The van der Waals surface area contributed by atoms with Crippen LogP contribution in [0.25, 0.3) is 0 Å². The zero-order valence-electron chi connectivity index (χ0n) is 9.34. The summed E-state index contributed by atoms with van der Waals surface area (Å²) in [5, 5.41) is 0. The molecule has 0 unspecified atom stereocenters. The molecule has 1 amide bonds. The van der Waals surface area contributed by atoms with Crippen LogP contribution < -0.4 is 5.73 Å². The van der Waals surface area contributed by atoms with Crippen LogP contribution in [0, 0.1) is 0 Å². The number of hydrogen-bond acceptors (Lipinski definition) is 2. The summed E-state index contributed by atoms with van der Waals surface area (Å²) in [5.74, 6) is 0.153. The quantitative estimate of drug-likeness (QED) is 0.642. The van der Waals surface area contributed by atoms with Gasteiger partial charge in [-0.25, -0.2) is 0 Å². The molecular formula is C11H20N2O. The maximum Gasteiger partial charge on any atom is 0.249 e. The average Bonchev–Trinajstić information content (AvgIpc) is 2.15. The van der Waals surface area contributed by atoms with Crippen LogP contribution in [-0.2, 0) is 4.79 Å². The van der Waals surface area contributed by atoms with E-state index in [1.807, 2.05) is 25.7 Å². The van der Waals surface area contributed by atoms with Gasteiger partial charge >= 0.3 is 0 Å². The highest BCUT2D eigenvalue weighted by molar-refractivity contribution is 5.93. The molecule has 1 atom stereocenters. The van der Waals surface area contributed by atoms with Crippen molar-refractivity contribution >= 4 is 5.91 Å². The van der Waals surface area contributed by atoms with Gasteiger partial charge in [-0.15, -0.1) is 0 Å². The Morgan fingerprint density at radius 3 is 2.50 bits per heavy atom.